The Morgan fingerprint density at radius 2 is 2.06 bits per heavy atom. The largest absolute Gasteiger partial charge is 0.368 e. The van der Waals surface area contributed by atoms with Gasteiger partial charge >= 0.3 is 0 Å². The van der Waals surface area contributed by atoms with Gasteiger partial charge in [0.25, 0.3) is 0 Å². The monoisotopic (exact) mass is 255 g/mol. The summed E-state index contributed by atoms with van der Waals surface area (Å²) in [6.45, 7) is 13.4. The number of hydrogen-bond donors (Lipinski definition) is 2. The fourth-order valence-electron chi connectivity index (χ4n) is 2.83. The summed E-state index contributed by atoms with van der Waals surface area (Å²) in [7, 11) is 0. The highest BCUT2D eigenvalue weighted by Crippen LogP contribution is 2.24. The lowest BCUT2D eigenvalue weighted by Crippen LogP contribution is -2.61. The molecule has 0 saturated carbocycles. The van der Waals surface area contributed by atoms with Crippen LogP contribution in [-0.2, 0) is 4.79 Å². The summed E-state index contributed by atoms with van der Waals surface area (Å²) >= 11 is 0. The molecule has 2 atom stereocenters. The first kappa shape index (κ1) is 15.4. The van der Waals surface area contributed by atoms with E-state index in [9.17, 15) is 4.79 Å². The fourth-order valence-corrected chi connectivity index (χ4v) is 2.83. The van der Waals surface area contributed by atoms with Crippen molar-refractivity contribution < 1.29 is 4.79 Å². The molecule has 4 heteroatoms. The lowest BCUT2D eigenvalue weighted by molar-refractivity contribution is -0.124. The Kier molecular flexibility index (Phi) is 5.17. The number of nitrogens with two attached hydrogens (primary N) is 1. The van der Waals surface area contributed by atoms with Gasteiger partial charge in [-0.3, -0.25) is 4.79 Å². The number of carbonyl (C=O) groups is 1. The van der Waals surface area contributed by atoms with Gasteiger partial charge in [-0.15, -0.1) is 0 Å². The Hall–Kier alpha value is -0.610. The van der Waals surface area contributed by atoms with E-state index in [1.807, 2.05) is 20.8 Å². The lowest BCUT2D eigenvalue weighted by Gasteiger charge is -2.34. The van der Waals surface area contributed by atoms with Gasteiger partial charge in [-0.1, -0.05) is 13.8 Å². The van der Waals surface area contributed by atoms with Crippen LogP contribution in [0, 0.1) is 11.8 Å². The third-order valence-electron chi connectivity index (χ3n) is 3.94. The number of hydrogen-bond acceptors (Lipinski definition) is 3. The fraction of sp³-hybridized carbons (Fsp3) is 0.929. The van der Waals surface area contributed by atoms with Gasteiger partial charge in [0.2, 0.25) is 5.91 Å². The Morgan fingerprint density at radius 3 is 2.44 bits per heavy atom. The van der Waals surface area contributed by atoms with Crippen LogP contribution in [0.4, 0.5) is 0 Å². The SMILES string of the molecule is CC(C)NC(C)(CN1CCC(C(C)C)C1)C(N)=O. The molecule has 18 heavy (non-hydrogen) atoms. The minimum Gasteiger partial charge on any atom is -0.368 e. The minimum absolute atomic E-state index is 0.256. The molecule has 0 aliphatic carbocycles. The molecule has 4 nitrogen and oxygen atoms in total. The van der Waals surface area contributed by atoms with Crippen LogP contribution in [0.25, 0.3) is 0 Å². The van der Waals surface area contributed by atoms with Crippen molar-refractivity contribution in [3.8, 4) is 0 Å². The van der Waals surface area contributed by atoms with E-state index in [4.69, 9.17) is 5.73 Å². The molecule has 106 valence electrons. The molecule has 2 unspecified atom stereocenters. The smallest absolute Gasteiger partial charge is 0.238 e. The Balaban J connectivity index is 2.60. The molecule has 0 bridgehead atoms. The molecule has 3 N–H and O–H groups in total. The van der Waals surface area contributed by atoms with Crippen molar-refractivity contribution >= 4 is 5.91 Å². The summed E-state index contributed by atoms with van der Waals surface area (Å²) in [5, 5.41) is 3.31. The second kappa shape index (κ2) is 6.02. The average Bonchev–Trinajstić information content (AvgIpc) is 2.64. The molecule has 0 aromatic rings. The maximum absolute atomic E-state index is 11.7. The molecular weight excluding hydrogens is 226 g/mol. The van der Waals surface area contributed by atoms with Crippen molar-refractivity contribution in [3.63, 3.8) is 0 Å². The van der Waals surface area contributed by atoms with Gasteiger partial charge in [0, 0.05) is 19.1 Å². The third kappa shape index (κ3) is 3.95. The maximum atomic E-state index is 11.7. The van der Waals surface area contributed by atoms with E-state index in [0.717, 1.165) is 19.0 Å². The highest BCUT2D eigenvalue weighted by atomic mass is 16.1. The molecule has 1 saturated heterocycles. The molecule has 1 amide bonds. The number of amides is 1. The first-order valence-electron chi connectivity index (χ1n) is 7.04. The second-order valence-corrected chi connectivity index (χ2v) is 6.52. The van der Waals surface area contributed by atoms with Gasteiger partial charge in [-0.25, -0.2) is 0 Å². The van der Waals surface area contributed by atoms with Crippen molar-refractivity contribution in [1.29, 1.82) is 0 Å². The second-order valence-electron chi connectivity index (χ2n) is 6.52. The van der Waals surface area contributed by atoms with Crippen LogP contribution in [0.2, 0.25) is 0 Å². The Bertz CT molecular complexity index is 291. The molecule has 0 radical (unpaired) electrons. The maximum Gasteiger partial charge on any atom is 0.238 e. The standard InChI is InChI=1S/C14H29N3O/c1-10(2)12-6-7-17(8-12)9-14(5,13(15)18)16-11(3)4/h10-12,16H,6-9H2,1-5H3,(H2,15,18). The number of rotatable bonds is 6. The number of likely N-dealkylation sites (tertiary alicyclic amines) is 1. The quantitative estimate of drug-likeness (QED) is 0.750. The predicted molar refractivity (Wildman–Crippen MR) is 75.3 cm³/mol. The zero-order valence-electron chi connectivity index (χ0n) is 12.5. The number of nitrogens with zero attached hydrogens (tertiary/aromatic N) is 1. The van der Waals surface area contributed by atoms with E-state index in [2.05, 4.69) is 24.1 Å². The lowest BCUT2D eigenvalue weighted by atomic mass is 9.95. The summed E-state index contributed by atoms with van der Waals surface area (Å²) in [5.41, 5.74) is 4.94. The number of carbonyl (C=O) groups excluding carboxylic acids is 1. The van der Waals surface area contributed by atoms with Gasteiger partial charge in [0.05, 0.1) is 0 Å². The van der Waals surface area contributed by atoms with E-state index in [1.165, 1.54) is 6.42 Å². The van der Waals surface area contributed by atoms with Crippen LogP contribution in [0.1, 0.15) is 41.0 Å². The van der Waals surface area contributed by atoms with Crippen LogP contribution in [0.3, 0.4) is 0 Å². The summed E-state index contributed by atoms with van der Waals surface area (Å²) in [6.07, 6.45) is 1.23. The van der Waals surface area contributed by atoms with Gasteiger partial charge in [-0.2, -0.15) is 0 Å². The van der Waals surface area contributed by atoms with Crippen LogP contribution < -0.4 is 11.1 Å². The van der Waals surface area contributed by atoms with E-state index in [1.54, 1.807) is 0 Å². The molecule has 1 aliphatic rings. The van der Waals surface area contributed by atoms with Crippen molar-refractivity contribution in [3.05, 3.63) is 0 Å². The van der Waals surface area contributed by atoms with Crippen molar-refractivity contribution in [1.82, 2.24) is 10.2 Å². The molecule has 1 rings (SSSR count). The first-order chi connectivity index (χ1) is 8.24. The van der Waals surface area contributed by atoms with E-state index in [-0.39, 0.29) is 11.9 Å². The van der Waals surface area contributed by atoms with Gasteiger partial charge < -0.3 is 16.0 Å². The summed E-state index contributed by atoms with van der Waals surface area (Å²) in [4.78, 5) is 14.1. The van der Waals surface area contributed by atoms with Crippen molar-refractivity contribution in [2.24, 2.45) is 17.6 Å². The Morgan fingerprint density at radius 1 is 1.44 bits per heavy atom. The summed E-state index contributed by atoms with van der Waals surface area (Å²) in [6, 6.07) is 0.256. The van der Waals surface area contributed by atoms with Gasteiger partial charge in [-0.05, 0) is 45.6 Å². The third-order valence-corrected chi connectivity index (χ3v) is 3.94. The normalized spacial score (nSPS) is 24.7. The highest BCUT2D eigenvalue weighted by molar-refractivity contribution is 5.84. The molecule has 1 heterocycles. The van der Waals surface area contributed by atoms with E-state index >= 15 is 0 Å². The Labute approximate surface area is 111 Å². The van der Waals surface area contributed by atoms with E-state index in [0.29, 0.717) is 12.5 Å². The predicted octanol–water partition coefficient (Wildman–Crippen LogP) is 1.21. The van der Waals surface area contributed by atoms with Crippen molar-refractivity contribution in [2.45, 2.75) is 52.6 Å². The highest BCUT2D eigenvalue weighted by Gasteiger charge is 2.36. The molecule has 0 aromatic heterocycles. The molecular formula is C14H29N3O. The molecule has 1 fully saturated rings. The molecule has 1 aliphatic heterocycles. The van der Waals surface area contributed by atoms with Crippen LogP contribution in [0.15, 0.2) is 0 Å². The summed E-state index contributed by atoms with van der Waals surface area (Å²) < 4.78 is 0. The topological polar surface area (TPSA) is 58.4 Å². The van der Waals surface area contributed by atoms with Gasteiger partial charge in [0.1, 0.15) is 5.54 Å². The first-order valence-corrected chi connectivity index (χ1v) is 7.04. The molecule has 0 aromatic carbocycles. The molecule has 0 spiro atoms. The minimum atomic E-state index is -0.625. The van der Waals surface area contributed by atoms with Crippen LogP contribution >= 0.6 is 0 Å². The van der Waals surface area contributed by atoms with Crippen LogP contribution in [0.5, 0.6) is 0 Å². The van der Waals surface area contributed by atoms with Gasteiger partial charge in [0.15, 0.2) is 0 Å². The zero-order chi connectivity index (χ0) is 13.9. The zero-order valence-corrected chi connectivity index (χ0v) is 12.5. The number of nitrogens with one attached hydrogen (secondary N) is 1. The number of primary amides is 1. The van der Waals surface area contributed by atoms with Crippen LogP contribution in [-0.4, -0.2) is 42.0 Å². The van der Waals surface area contributed by atoms with E-state index < -0.39 is 5.54 Å². The van der Waals surface area contributed by atoms with Crippen molar-refractivity contribution in [2.75, 3.05) is 19.6 Å². The summed E-state index contributed by atoms with van der Waals surface area (Å²) in [5.74, 6) is 1.21. The average molecular weight is 255 g/mol.